The number of hydrogen-bond acceptors (Lipinski definition) is 2. The molecule has 7 atom stereocenters. The van der Waals surface area contributed by atoms with E-state index >= 15 is 0 Å². The first kappa shape index (κ1) is 23.5. The minimum absolute atomic E-state index is 0.385. The van der Waals surface area contributed by atoms with Gasteiger partial charge in [-0.1, -0.05) is 71.1 Å². The Balaban J connectivity index is 1.76. The summed E-state index contributed by atoms with van der Waals surface area (Å²) in [6.07, 6.45) is 15.8. The molecule has 0 aromatic heterocycles. The first-order valence-electron chi connectivity index (χ1n) is 12.3. The van der Waals surface area contributed by atoms with Crippen molar-refractivity contribution in [2.45, 2.75) is 91.8 Å². The van der Waals surface area contributed by atoms with E-state index in [0.717, 1.165) is 17.1 Å². The Morgan fingerprint density at radius 1 is 1.07 bits per heavy atom. The van der Waals surface area contributed by atoms with Gasteiger partial charge in [0.1, 0.15) is 0 Å². The Labute approximate surface area is 184 Å². The molecule has 0 saturated heterocycles. The fourth-order valence-corrected chi connectivity index (χ4v) is 6.32. The van der Waals surface area contributed by atoms with E-state index in [1.54, 1.807) is 5.57 Å². The number of aliphatic hydroxyl groups is 2. The second-order valence-corrected chi connectivity index (χ2v) is 11.0. The highest BCUT2D eigenvalue weighted by Gasteiger charge is 2.50. The third-order valence-corrected chi connectivity index (χ3v) is 8.71. The Bertz CT molecular complexity index is 712. The van der Waals surface area contributed by atoms with Crippen molar-refractivity contribution in [1.82, 2.24) is 0 Å². The van der Waals surface area contributed by atoms with E-state index < -0.39 is 12.2 Å². The second kappa shape index (κ2) is 9.57. The molecule has 2 unspecified atom stereocenters. The SMILES string of the molecule is C=C1/C(=C\C=C2/CCC[C@@]3(C)C2CCC3[C@H](C)/C=C/[C@H](C)C(C)C)C[C@@H](O)C[C@@H]1O. The fourth-order valence-electron chi connectivity index (χ4n) is 6.32. The molecule has 3 fully saturated rings. The molecule has 2 heteroatoms. The van der Waals surface area contributed by atoms with Gasteiger partial charge in [0, 0.05) is 6.42 Å². The van der Waals surface area contributed by atoms with Gasteiger partial charge < -0.3 is 10.2 Å². The van der Waals surface area contributed by atoms with Crippen LogP contribution in [0, 0.1) is 35.0 Å². The molecular formula is C28H44O2. The van der Waals surface area contributed by atoms with Crippen molar-refractivity contribution >= 4 is 0 Å². The van der Waals surface area contributed by atoms with Crippen LogP contribution in [0.2, 0.25) is 0 Å². The maximum absolute atomic E-state index is 10.1. The van der Waals surface area contributed by atoms with Crippen LogP contribution in [0.15, 0.2) is 47.6 Å². The fraction of sp³-hybridized carbons (Fsp3) is 0.714. The van der Waals surface area contributed by atoms with E-state index in [0.29, 0.717) is 41.9 Å². The average Bonchev–Trinajstić information content (AvgIpc) is 3.04. The van der Waals surface area contributed by atoms with E-state index in [1.165, 1.54) is 32.1 Å². The first-order valence-corrected chi connectivity index (χ1v) is 12.3. The Hall–Kier alpha value is -1.12. The predicted molar refractivity (Wildman–Crippen MR) is 127 cm³/mol. The number of hydrogen-bond donors (Lipinski definition) is 2. The summed E-state index contributed by atoms with van der Waals surface area (Å²) >= 11 is 0. The molecule has 30 heavy (non-hydrogen) atoms. The van der Waals surface area contributed by atoms with Gasteiger partial charge in [-0.3, -0.25) is 0 Å². The Morgan fingerprint density at radius 3 is 2.50 bits per heavy atom. The van der Waals surface area contributed by atoms with Crippen LogP contribution in [-0.4, -0.2) is 22.4 Å². The van der Waals surface area contributed by atoms with Gasteiger partial charge in [-0.2, -0.15) is 0 Å². The van der Waals surface area contributed by atoms with Crippen LogP contribution in [0.25, 0.3) is 0 Å². The number of allylic oxidation sites excluding steroid dienone is 5. The highest BCUT2D eigenvalue weighted by Crippen LogP contribution is 2.59. The van der Waals surface area contributed by atoms with Crippen molar-refractivity contribution in [3.8, 4) is 0 Å². The maximum Gasteiger partial charge on any atom is 0.0811 e. The van der Waals surface area contributed by atoms with Gasteiger partial charge in [-0.05, 0) is 84.7 Å². The smallest absolute Gasteiger partial charge is 0.0811 e. The molecule has 0 spiro atoms. The summed E-state index contributed by atoms with van der Waals surface area (Å²) in [6.45, 7) is 16.0. The molecule has 3 saturated carbocycles. The van der Waals surface area contributed by atoms with E-state index in [-0.39, 0.29) is 0 Å². The van der Waals surface area contributed by atoms with Gasteiger partial charge in [0.2, 0.25) is 0 Å². The molecule has 3 rings (SSSR count). The van der Waals surface area contributed by atoms with Crippen molar-refractivity contribution in [3.05, 3.63) is 47.6 Å². The van der Waals surface area contributed by atoms with E-state index in [4.69, 9.17) is 0 Å². The predicted octanol–water partition coefficient (Wildman–Crippen LogP) is 6.61. The third kappa shape index (κ3) is 4.86. The molecule has 0 amide bonds. The second-order valence-electron chi connectivity index (χ2n) is 11.0. The van der Waals surface area contributed by atoms with Crippen LogP contribution in [0.5, 0.6) is 0 Å². The van der Waals surface area contributed by atoms with Gasteiger partial charge >= 0.3 is 0 Å². The highest BCUT2D eigenvalue weighted by atomic mass is 16.3. The van der Waals surface area contributed by atoms with Gasteiger partial charge in [0.15, 0.2) is 0 Å². The van der Waals surface area contributed by atoms with Gasteiger partial charge in [-0.25, -0.2) is 0 Å². The van der Waals surface area contributed by atoms with E-state index in [2.05, 4.69) is 65.5 Å². The average molecular weight is 413 g/mol. The summed E-state index contributed by atoms with van der Waals surface area (Å²) in [5.74, 6) is 3.38. The van der Waals surface area contributed by atoms with Crippen LogP contribution < -0.4 is 0 Å². The molecule has 0 heterocycles. The number of fused-ring (bicyclic) bond motifs is 1. The molecule has 0 bridgehead atoms. The van der Waals surface area contributed by atoms with Crippen LogP contribution in [0.3, 0.4) is 0 Å². The lowest BCUT2D eigenvalue weighted by atomic mass is 9.61. The summed E-state index contributed by atoms with van der Waals surface area (Å²) < 4.78 is 0. The van der Waals surface area contributed by atoms with Crippen molar-refractivity contribution in [2.24, 2.45) is 35.0 Å². The number of rotatable bonds is 5. The topological polar surface area (TPSA) is 40.5 Å². The molecule has 0 aliphatic heterocycles. The van der Waals surface area contributed by atoms with Crippen molar-refractivity contribution in [2.75, 3.05) is 0 Å². The van der Waals surface area contributed by atoms with Crippen molar-refractivity contribution in [3.63, 3.8) is 0 Å². The molecular weight excluding hydrogens is 368 g/mol. The van der Waals surface area contributed by atoms with Gasteiger partial charge in [0.25, 0.3) is 0 Å². The summed E-state index contributed by atoms with van der Waals surface area (Å²) in [4.78, 5) is 0. The van der Waals surface area contributed by atoms with Crippen LogP contribution in [0.4, 0.5) is 0 Å². The number of aliphatic hydroxyl groups excluding tert-OH is 2. The summed E-state index contributed by atoms with van der Waals surface area (Å²) in [5.41, 5.74) is 3.77. The summed E-state index contributed by atoms with van der Waals surface area (Å²) in [6, 6.07) is 0. The van der Waals surface area contributed by atoms with Crippen molar-refractivity contribution in [1.29, 1.82) is 0 Å². The van der Waals surface area contributed by atoms with Crippen LogP contribution >= 0.6 is 0 Å². The molecule has 168 valence electrons. The monoisotopic (exact) mass is 412 g/mol. The quantitative estimate of drug-likeness (QED) is 0.499. The molecule has 0 radical (unpaired) electrons. The minimum atomic E-state index is -0.605. The zero-order chi connectivity index (χ0) is 22.1. The van der Waals surface area contributed by atoms with Crippen molar-refractivity contribution < 1.29 is 10.2 Å². The maximum atomic E-state index is 10.1. The molecule has 3 aliphatic carbocycles. The lowest BCUT2D eigenvalue weighted by Crippen LogP contribution is -2.35. The van der Waals surface area contributed by atoms with Crippen LogP contribution in [0.1, 0.15) is 79.6 Å². The lowest BCUT2D eigenvalue weighted by Gasteiger charge is -2.44. The standard InChI is InChI=1S/C28H44O2/c1-18(2)19(3)9-10-20(4)25-13-14-26-22(8-7-15-28(25,26)6)11-12-23-16-24(29)17-27(30)21(23)5/h9-12,18-20,24-27,29-30H,5,7-8,13-17H2,1-4,6H3/b10-9+,22-11+,23-12-/t19-,20+,24+,25?,26?,27-,28+/m0/s1. The van der Waals surface area contributed by atoms with Crippen LogP contribution in [-0.2, 0) is 0 Å². The molecule has 0 aromatic rings. The molecule has 2 nitrogen and oxygen atoms in total. The molecule has 3 aliphatic rings. The molecule has 2 N–H and O–H groups in total. The Kier molecular flexibility index (Phi) is 7.51. The summed E-state index contributed by atoms with van der Waals surface area (Å²) in [7, 11) is 0. The Morgan fingerprint density at radius 2 is 1.80 bits per heavy atom. The molecule has 0 aromatic carbocycles. The summed E-state index contributed by atoms with van der Waals surface area (Å²) in [5, 5.41) is 20.2. The van der Waals surface area contributed by atoms with Gasteiger partial charge in [0.05, 0.1) is 12.2 Å². The minimum Gasteiger partial charge on any atom is -0.393 e. The van der Waals surface area contributed by atoms with E-state index in [1.807, 2.05) is 0 Å². The van der Waals surface area contributed by atoms with E-state index in [9.17, 15) is 10.2 Å². The lowest BCUT2D eigenvalue weighted by molar-refractivity contribution is 0.0862. The largest absolute Gasteiger partial charge is 0.393 e. The van der Waals surface area contributed by atoms with Gasteiger partial charge in [-0.15, -0.1) is 0 Å². The zero-order valence-electron chi connectivity index (χ0n) is 19.9. The third-order valence-electron chi connectivity index (χ3n) is 8.71. The normalized spacial score (nSPS) is 39.8. The zero-order valence-corrected chi connectivity index (χ0v) is 19.9. The highest BCUT2D eigenvalue weighted by molar-refractivity contribution is 5.38. The first-order chi connectivity index (χ1) is 14.1.